The van der Waals surface area contributed by atoms with Crippen LogP contribution in [0, 0.1) is 6.92 Å². The molecule has 0 aromatic heterocycles. The largest absolute Gasteiger partial charge is 0.504 e. The van der Waals surface area contributed by atoms with Gasteiger partial charge in [-0.2, -0.15) is 0 Å². The molecule has 94 valence electrons. The number of aromatic hydroxyl groups is 2. The Balaban J connectivity index is 2.68. The van der Waals surface area contributed by atoms with Crippen molar-refractivity contribution >= 4 is 16.6 Å². The third kappa shape index (κ3) is 2.04. The molecule has 0 bridgehead atoms. The number of ketones is 1. The number of carbonyl (C=O) groups excluding carboxylic acids is 1. The predicted molar refractivity (Wildman–Crippen MR) is 71.3 cm³/mol. The topological polar surface area (TPSA) is 57.5 Å². The minimum Gasteiger partial charge on any atom is -0.504 e. The fraction of sp³-hybridized carbons (Fsp3) is 0.267. The first-order valence-corrected chi connectivity index (χ1v) is 6.03. The number of phenols is 2. The van der Waals surface area contributed by atoms with Crippen LogP contribution >= 0.6 is 0 Å². The lowest BCUT2D eigenvalue weighted by atomic mass is 9.99. The monoisotopic (exact) mass is 244 g/mol. The average Bonchev–Trinajstić information content (AvgIpc) is 2.33. The molecule has 2 aromatic rings. The molecule has 0 atom stereocenters. The Morgan fingerprint density at radius 1 is 1.17 bits per heavy atom. The van der Waals surface area contributed by atoms with Gasteiger partial charge in [0.15, 0.2) is 17.3 Å². The smallest absolute Gasteiger partial charge is 0.169 e. The summed E-state index contributed by atoms with van der Waals surface area (Å²) in [6.45, 7) is 3.84. The fourth-order valence-corrected chi connectivity index (χ4v) is 2.07. The number of benzene rings is 2. The summed E-state index contributed by atoms with van der Waals surface area (Å²) >= 11 is 0. The highest BCUT2D eigenvalue weighted by atomic mass is 16.3. The van der Waals surface area contributed by atoms with Crippen LogP contribution in [0.4, 0.5) is 0 Å². The van der Waals surface area contributed by atoms with E-state index >= 15 is 0 Å². The highest BCUT2D eigenvalue weighted by molar-refractivity contribution is 6.05. The van der Waals surface area contributed by atoms with E-state index in [1.54, 1.807) is 12.1 Å². The third-order valence-electron chi connectivity index (χ3n) is 3.02. The maximum atomic E-state index is 11.9. The van der Waals surface area contributed by atoms with Gasteiger partial charge in [-0.1, -0.05) is 30.7 Å². The van der Waals surface area contributed by atoms with Gasteiger partial charge in [-0.25, -0.2) is 0 Å². The normalized spacial score (nSPS) is 10.8. The molecular formula is C15H16O3. The van der Waals surface area contributed by atoms with Crippen molar-refractivity contribution in [3.05, 3.63) is 35.4 Å². The Bertz CT molecular complexity index is 615. The van der Waals surface area contributed by atoms with Crippen molar-refractivity contribution < 1.29 is 15.0 Å². The molecule has 0 fully saturated rings. The molecule has 3 heteroatoms. The highest BCUT2D eigenvalue weighted by Crippen LogP contribution is 2.38. The van der Waals surface area contributed by atoms with Gasteiger partial charge in [0, 0.05) is 11.8 Å². The Labute approximate surface area is 106 Å². The zero-order chi connectivity index (χ0) is 13.3. The summed E-state index contributed by atoms with van der Waals surface area (Å²) in [7, 11) is 0. The summed E-state index contributed by atoms with van der Waals surface area (Å²) in [5.41, 5.74) is 1.24. The van der Waals surface area contributed by atoms with Crippen LogP contribution in [0.2, 0.25) is 0 Å². The molecule has 0 spiro atoms. The molecule has 3 nitrogen and oxygen atoms in total. The molecule has 0 amide bonds. The van der Waals surface area contributed by atoms with Crippen LogP contribution in [-0.2, 0) is 0 Å². The van der Waals surface area contributed by atoms with Crippen LogP contribution in [0.15, 0.2) is 24.3 Å². The molecule has 0 radical (unpaired) electrons. The Morgan fingerprint density at radius 3 is 2.56 bits per heavy atom. The first kappa shape index (κ1) is 12.4. The highest BCUT2D eigenvalue weighted by Gasteiger charge is 2.16. The van der Waals surface area contributed by atoms with Gasteiger partial charge in [0.2, 0.25) is 0 Å². The van der Waals surface area contributed by atoms with Crippen molar-refractivity contribution in [1.82, 2.24) is 0 Å². The van der Waals surface area contributed by atoms with E-state index in [2.05, 4.69) is 0 Å². The van der Waals surface area contributed by atoms with Crippen LogP contribution in [0.3, 0.4) is 0 Å². The first-order valence-electron chi connectivity index (χ1n) is 6.03. The van der Waals surface area contributed by atoms with Gasteiger partial charge in [-0.05, 0) is 24.8 Å². The number of rotatable bonds is 3. The van der Waals surface area contributed by atoms with E-state index in [1.165, 1.54) is 0 Å². The molecule has 2 N–H and O–H groups in total. The molecular weight excluding hydrogens is 228 g/mol. The van der Waals surface area contributed by atoms with Gasteiger partial charge in [0.25, 0.3) is 0 Å². The van der Waals surface area contributed by atoms with E-state index in [0.29, 0.717) is 18.2 Å². The van der Waals surface area contributed by atoms with E-state index in [-0.39, 0.29) is 22.8 Å². The van der Waals surface area contributed by atoms with Gasteiger partial charge in [-0.3, -0.25) is 4.79 Å². The van der Waals surface area contributed by atoms with Gasteiger partial charge >= 0.3 is 0 Å². The zero-order valence-corrected chi connectivity index (χ0v) is 10.5. The van der Waals surface area contributed by atoms with Gasteiger partial charge in [0.1, 0.15) is 0 Å². The van der Waals surface area contributed by atoms with Crippen LogP contribution in [0.5, 0.6) is 11.5 Å². The number of carbonyl (C=O) groups is 1. The van der Waals surface area contributed by atoms with Crippen molar-refractivity contribution in [1.29, 1.82) is 0 Å². The van der Waals surface area contributed by atoms with E-state index in [0.717, 1.165) is 10.9 Å². The fourth-order valence-electron chi connectivity index (χ4n) is 2.07. The van der Waals surface area contributed by atoms with Crippen LogP contribution in [0.25, 0.3) is 10.8 Å². The number of Topliss-reactive ketones (excluding diaryl/α,β-unsaturated/α-hetero) is 1. The van der Waals surface area contributed by atoms with E-state index < -0.39 is 0 Å². The van der Waals surface area contributed by atoms with E-state index in [4.69, 9.17) is 0 Å². The predicted octanol–water partition coefficient (Wildman–Crippen LogP) is 3.54. The SMILES string of the molecule is CCCC(=O)c1cc2cc(C)ccc2c(O)c1O. The lowest BCUT2D eigenvalue weighted by Gasteiger charge is -2.09. The number of hydrogen-bond donors (Lipinski definition) is 2. The Morgan fingerprint density at radius 2 is 1.89 bits per heavy atom. The standard InChI is InChI=1S/C15H16O3/c1-3-4-13(16)12-8-10-7-9(2)5-6-11(10)14(17)15(12)18/h5-8,17-18H,3-4H2,1-2H3. The van der Waals surface area contributed by atoms with Crippen molar-refractivity contribution in [2.75, 3.05) is 0 Å². The van der Waals surface area contributed by atoms with Crippen LogP contribution in [-0.4, -0.2) is 16.0 Å². The minimum atomic E-state index is -0.315. The minimum absolute atomic E-state index is 0.145. The lowest BCUT2D eigenvalue weighted by Crippen LogP contribution is -1.99. The summed E-state index contributed by atoms with van der Waals surface area (Å²) in [6.07, 6.45) is 1.08. The Kier molecular flexibility index (Phi) is 3.24. The Hall–Kier alpha value is -2.03. The summed E-state index contributed by atoms with van der Waals surface area (Å²) in [4.78, 5) is 11.9. The van der Waals surface area contributed by atoms with Crippen LogP contribution < -0.4 is 0 Å². The maximum Gasteiger partial charge on any atom is 0.169 e. The van der Waals surface area contributed by atoms with E-state index in [9.17, 15) is 15.0 Å². The van der Waals surface area contributed by atoms with Gasteiger partial charge < -0.3 is 10.2 Å². The third-order valence-corrected chi connectivity index (χ3v) is 3.02. The molecule has 0 aliphatic rings. The zero-order valence-electron chi connectivity index (χ0n) is 10.5. The first-order chi connectivity index (χ1) is 8.54. The number of phenolic OH excluding ortho intramolecular Hbond substituents is 2. The molecule has 0 aliphatic carbocycles. The van der Waals surface area contributed by atoms with Crippen molar-refractivity contribution in [2.45, 2.75) is 26.7 Å². The average molecular weight is 244 g/mol. The molecule has 0 heterocycles. The molecule has 2 aromatic carbocycles. The van der Waals surface area contributed by atoms with Gasteiger partial charge in [-0.15, -0.1) is 0 Å². The number of aryl methyl sites for hydroxylation is 1. The second-order valence-corrected chi connectivity index (χ2v) is 4.52. The van der Waals surface area contributed by atoms with Gasteiger partial charge in [0.05, 0.1) is 5.56 Å². The lowest BCUT2D eigenvalue weighted by molar-refractivity contribution is 0.0978. The van der Waals surface area contributed by atoms with Crippen molar-refractivity contribution in [3.63, 3.8) is 0 Å². The molecule has 0 saturated heterocycles. The molecule has 0 unspecified atom stereocenters. The summed E-state index contributed by atoms with van der Waals surface area (Å²) < 4.78 is 0. The maximum absolute atomic E-state index is 11.9. The van der Waals surface area contributed by atoms with Crippen molar-refractivity contribution in [2.24, 2.45) is 0 Å². The molecule has 0 aliphatic heterocycles. The summed E-state index contributed by atoms with van der Waals surface area (Å²) in [6, 6.07) is 7.13. The quantitative estimate of drug-likeness (QED) is 0.641. The van der Waals surface area contributed by atoms with E-state index in [1.807, 2.05) is 26.0 Å². The summed E-state index contributed by atoms with van der Waals surface area (Å²) in [5.74, 6) is -0.675. The van der Waals surface area contributed by atoms with Crippen molar-refractivity contribution in [3.8, 4) is 11.5 Å². The molecule has 0 saturated carbocycles. The second-order valence-electron chi connectivity index (χ2n) is 4.52. The molecule has 2 rings (SSSR count). The molecule has 18 heavy (non-hydrogen) atoms. The number of hydrogen-bond acceptors (Lipinski definition) is 3. The van der Waals surface area contributed by atoms with Crippen LogP contribution in [0.1, 0.15) is 35.7 Å². The number of fused-ring (bicyclic) bond motifs is 1. The summed E-state index contributed by atoms with van der Waals surface area (Å²) in [5, 5.41) is 21.2. The second kappa shape index (κ2) is 4.69.